The molecule has 1 amide bonds. The van der Waals surface area contributed by atoms with Crippen LogP contribution in [0.15, 0.2) is 109 Å². The van der Waals surface area contributed by atoms with Gasteiger partial charge in [0.1, 0.15) is 0 Å². The normalized spacial score (nSPS) is 13.5. The average Bonchev–Trinajstić information content (AvgIpc) is 3.43. The highest BCUT2D eigenvalue weighted by Gasteiger charge is 2.20. The molecule has 0 fully saturated rings. The number of aliphatic hydroxyl groups is 2. The second kappa shape index (κ2) is 67.3. The first-order chi connectivity index (χ1) is 38.2. The van der Waals surface area contributed by atoms with Gasteiger partial charge in [0, 0.05) is 6.42 Å². The highest BCUT2D eigenvalue weighted by Crippen LogP contribution is 2.18. The van der Waals surface area contributed by atoms with Crippen molar-refractivity contribution in [1.82, 2.24) is 5.32 Å². The Morgan fingerprint density at radius 1 is 0.325 bits per heavy atom. The summed E-state index contributed by atoms with van der Waals surface area (Å²) in [7, 11) is 0. The van der Waals surface area contributed by atoms with Crippen molar-refractivity contribution < 1.29 is 15.0 Å². The number of hydrogen-bond acceptors (Lipinski definition) is 3. The Hall–Kier alpha value is -2.95. The molecule has 0 spiro atoms. The molecule has 2 unspecified atom stereocenters. The third-order valence-corrected chi connectivity index (χ3v) is 15.0. The van der Waals surface area contributed by atoms with Gasteiger partial charge in [-0.3, -0.25) is 4.79 Å². The molecule has 0 radical (unpaired) electrons. The van der Waals surface area contributed by atoms with E-state index in [0.717, 1.165) is 83.5 Å². The Labute approximate surface area is 480 Å². The number of rotatable bonds is 61. The van der Waals surface area contributed by atoms with E-state index in [0.29, 0.717) is 12.8 Å². The molecule has 0 saturated carbocycles. The Bertz CT molecular complexity index is 1440. The maximum atomic E-state index is 12.6. The fourth-order valence-corrected chi connectivity index (χ4v) is 10.0. The molecular formula is C73H129NO3. The van der Waals surface area contributed by atoms with Crippen LogP contribution in [-0.4, -0.2) is 34.9 Å². The van der Waals surface area contributed by atoms with Gasteiger partial charge in [-0.1, -0.05) is 348 Å². The quantitative estimate of drug-likeness (QED) is 0.0420. The van der Waals surface area contributed by atoms with Crippen molar-refractivity contribution in [3.63, 3.8) is 0 Å². The lowest BCUT2D eigenvalue weighted by Gasteiger charge is -2.22. The largest absolute Gasteiger partial charge is 0.394 e. The first kappa shape index (κ1) is 74.0. The van der Waals surface area contributed by atoms with Crippen LogP contribution in [0.1, 0.15) is 328 Å². The molecule has 0 bridgehead atoms. The summed E-state index contributed by atoms with van der Waals surface area (Å²) in [6.45, 7) is 4.27. The lowest BCUT2D eigenvalue weighted by molar-refractivity contribution is -0.123. The molecular weight excluding hydrogens is 939 g/mol. The lowest BCUT2D eigenvalue weighted by atomic mass is 10.0. The molecule has 0 saturated heterocycles. The number of hydrogen-bond donors (Lipinski definition) is 3. The van der Waals surface area contributed by atoms with Crippen LogP contribution in [0.25, 0.3) is 0 Å². The summed E-state index contributed by atoms with van der Waals surface area (Å²) in [4.78, 5) is 12.6. The van der Waals surface area contributed by atoms with Gasteiger partial charge in [0.25, 0.3) is 0 Å². The van der Waals surface area contributed by atoms with Crippen LogP contribution < -0.4 is 5.32 Å². The molecule has 0 aromatic carbocycles. The fraction of sp³-hybridized carbons (Fsp3) is 0.740. The van der Waals surface area contributed by atoms with Gasteiger partial charge in [0.2, 0.25) is 5.91 Å². The first-order valence-corrected chi connectivity index (χ1v) is 33.6. The molecule has 0 rings (SSSR count). The molecule has 0 aromatic heterocycles. The molecule has 0 heterocycles. The number of amides is 1. The predicted molar refractivity (Wildman–Crippen MR) is 345 cm³/mol. The van der Waals surface area contributed by atoms with E-state index in [2.05, 4.69) is 129 Å². The zero-order valence-corrected chi connectivity index (χ0v) is 51.2. The second-order valence-corrected chi connectivity index (χ2v) is 22.5. The van der Waals surface area contributed by atoms with Gasteiger partial charge in [-0.05, 0) is 83.5 Å². The van der Waals surface area contributed by atoms with Crippen LogP contribution in [-0.2, 0) is 4.79 Å². The SMILES string of the molecule is CC/C=C\C/C=C\C/C=C\C/C=C\C/C=C\C/C=C\C/C=C\C/C=C\C/C=C\CCCCCCCCCCCC(=O)NC(CO)C(O)CCCCCCCCCCCCCCCCCCCCCCCCCCCCCC. The predicted octanol–water partition coefficient (Wildman–Crippen LogP) is 23.0. The van der Waals surface area contributed by atoms with E-state index in [9.17, 15) is 15.0 Å². The van der Waals surface area contributed by atoms with E-state index in [1.165, 1.54) is 218 Å². The molecule has 0 aliphatic heterocycles. The van der Waals surface area contributed by atoms with Crippen molar-refractivity contribution in [3.8, 4) is 0 Å². The van der Waals surface area contributed by atoms with Crippen molar-refractivity contribution in [2.24, 2.45) is 0 Å². The molecule has 77 heavy (non-hydrogen) atoms. The van der Waals surface area contributed by atoms with Crippen molar-refractivity contribution >= 4 is 5.91 Å². The van der Waals surface area contributed by atoms with Gasteiger partial charge in [-0.15, -0.1) is 0 Å². The van der Waals surface area contributed by atoms with E-state index >= 15 is 0 Å². The standard InChI is InChI=1S/C73H129NO3/c1-3-5-7-9-11-13-15-17-19-21-23-25-27-29-31-33-34-35-36-37-38-39-40-41-43-45-47-49-51-53-55-57-59-61-63-65-67-69-73(77)74-71(70-75)72(76)68-66-64-62-60-58-56-54-52-50-48-46-44-42-32-30-28-26-24-22-20-18-16-14-12-10-8-6-4-2/h5,7,11,13,17,19,23,25,29,31,34-35,37-38,40-41,45,47,71-72,75-76H,3-4,6,8-10,12,14-16,18,20-22,24,26-28,30,32-33,36,39,42-44,46,48-70H2,1-2H3,(H,74,77)/b7-5-,13-11-,19-17-,25-23-,31-29-,35-34-,38-37-,41-40-,47-45-. The van der Waals surface area contributed by atoms with Gasteiger partial charge in [-0.2, -0.15) is 0 Å². The summed E-state index contributed by atoms with van der Waals surface area (Å²) in [5, 5.41) is 23.4. The maximum Gasteiger partial charge on any atom is 0.220 e. The van der Waals surface area contributed by atoms with Crippen LogP contribution in [0.5, 0.6) is 0 Å². The molecule has 0 aliphatic carbocycles. The summed E-state index contributed by atoms with van der Waals surface area (Å²) in [6.07, 6.45) is 101. The number of allylic oxidation sites excluding steroid dienone is 18. The molecule has 4 nitrogen and oxygen atoms in total. The van der Waals surface area contributed by atoms with Crippen LogP contribution in [0.2, 0.25) is 0 Å². The minimum Gasteiger partial charge on any atom is -0.394 e. The van der Waals surface area contributed by atoms with Gasteiger partial charge in [0.05, 0.1) is 18.8 Å². The summed E-state index contributed by atoms with van der Waals surface area (Å²) < 4.78 is 0. The average molecular weight is 1070 g/mol. The van der Waals surface area contributed by atoms with Crippen LogP contribution in [0, 0.1) is 0 Å². The van der Waals surface area contributed by atoms with Crippen molar-refractivity contribution in [1.29, 1.82) is 0 Å². The number of carbonyl (C=O) groups excluding carboxylic acids is 1. The van der Waals surface area contributed by atoms with Crippen molar-refractivity contribution in [2.45, 2.75) is 341 Å². The van der Waals surface area contributed by atoms with E-state index < -0.39 is 12.1 Å². The minimum absolute atomic E-state index is 0.0378. The highest BCUT2D eigenvalue weighted by molar-refractivity contribution is 5.76. The van der Waals surface area contributed by atoms with E-state index in [4.69, 9.17) is 0 Å². The molecule has 444 valence electrons. The molecule has 3 N–H and O–H groups in total. The lowest BCUT2D eigenvalue weighted by Crippen LogP contribution is -2.45. The second-order valence-electron chi connectivity index (χ2n) is 22.5. The summed E-state index contributed by atoms with van der Waals surface area (Å²) in [5.41, 5.74) is 0. The molecule has 2 atom stereocenters. The van der Waals surface area contributed by atoms with E-state index in [1.807, 2.05) is 0 Å². The highest BCUT2D eigenvalue weighted by atomic mass is 16.3. The van der Waals surface area contributed by atoms with Crippen molar-refractivity contribution in [2.75, 3.05) is 6.61 Å². The van der Waals surface area contributed by atoms with Crippen LogP contribution in [0.3, 0.4) is 0 Å². The Balaban J connectivity index is 3.52. The van der Waals surface area contributed by atoms with Gasteiger partial charge >= 0.3 is 0 Å². The fourth-order valence-electron chi connectivity index (χ4n) is 10.0. The topological polar surface area (TPSA) is 69.6 Å². The Morgan fingerprint density at radius 2 is 0.571 bits per heavy atom. The minimum atomic E-state index is -0.671. The van der Waals surface area contributed by atoms with E-state index in [-0.39, 0.29) is 12.5 Å². The molecule has 0 aliphatic rings. The van der Waals surface area contributed by atoms with Gasteiger partial charge in [0.15, 0.2) is 0 Å². The zero-order valence-electron chi connectivity index (χ0n) is 51.2. The monoisotopic (exact) mass is 1070 g/mol. The number of aliphatic hydroxyl groups excluding tert-OH is 2. The first-order valence-electron chi connectivity index (χ1n) is 33.6. The van der Waals surface area contributed by atoms with Gasteiger partial charge < -0.3 is 15.5 Å². The number of unbranched alkanes of at least 4 members (excludes halogenated alkanes) is 36. The zero-order chi connectivity index (χ0) is 55.5. The third-order valence-electron chi connectivity index (χ3n) is 15.0. The maximum absolute atomic E-state index is 12.6. The van der Waals surface area contributed by atoms with Gasteiger partial charge in [-0.25, -0.2) is 0 Å². The molecule has 4 heteroatoms. The summed E-state index contributed by atoms with van der Waals surface area (Å²) >= 11 is 0. The van der Waals surface area contributed by atoms with Crippen LogP contribution in [0.4, 0.5) is 0 Å². The van der Waals surface area contributed by atoms with Crippen LogP contribution >= 0.6 is 0 Å². The number of carbonyl (C=O) groups is 1. The Morgan fingerprint density at radius 3 is 0.857 bits per heavy atom. The number of nitrogens with one attached hydrogen (secondary N) is 1. The van der Waals surface area contributed by atoms with E-state index in [1.54, 1.807) is 0 Å². The summed E-state index contributed by atoms with van der Waals surface area (Å²) in [6, 6.07) is -0.549. The third kappa shape index (κ3) is 63.8. The summed E-state index contributed by atoms with van der Waals surface area (Å²) in [5.74, 6) is -0.0378. The molecule has 0 aromatic rings. The smallest absolute Gasteiger partial charge is 0.220 e. The Kier molecular flexibility index (Phi) is 64.7. The van der Waals surface area contributed by atoms with Crippen molar-refractivity contribution in [3.05, 3.63) is 109 Å².